The maximum atomic E-state index is 12.6. The van der Waals surface area contributed by atoms with Crippen molar-refractivity contribution in [2.45, 2.75) is 19.9 Å². The van der Waals surface area contributed by atoms with Crippen LogP contribution in [-0.4, -0.2) is 41.4 Å². The van der Waals surface area contributed by atoms with E-state index in [9.17, 15) is 13.2 Å². The number of carbonyl (C=O) groups excluding carboxylic acids is 1. The fraction of sp³-hybridized carbons (Fsp3) is 0.350. The predicted molar refractivity (Wildman–Crippen MR) is 111 cm³/mol. The number of carbonyl (C=O) groups is 1. The highest BCUT2D eigenvalue weighted by molar-refractivity contribution is 7.92. The molecule has 29 heavy (non-hydrogen) atoms. The van der Waals surface area contributed by atoms with Gasteiger partial charge in [-0.05, 0) is 30.7 Å². The van der Waals surface area contributed by atoms with Crippen molar-refractivity contribution in [2.75, 3.05) is 31.8 Å². The van der Waals surface area contributed by atoms with Crippen LogP contribution in [0.25, 0.3) is 0 Å². The van der Waals surface area contributed by atoms with E-state index in [0.717, 1.165) is 0 Å². The molecule has 2 N–H and O–H groups in total. The largest absolute Gasteiger partial charge is 0.496 e. The number of ether oxygens (including phenoxy) is 3. The molecule has 1 amide bonds. The van der Waals surface area contributed by atoms with E-state index in [2.05, 4.69) is 10.0 Å². The van der Waals surface area contributed by atoms with Crippen molar-refractivity contribution in [3.63, 3.8) is 0 Å². The summed E-state index contributed by atoms with van der Waals surface area (Å²) in [4.78, 5) is 12.6. The average molecular weight is 423 g/mol. The minimum Gasteiger partial charge on any atom is -0.496 e. The highest BCUT2D eigenvalue weighted by atomic mass is 32.2. The highest BCUT2D eigenvalue weighted by Gasteiger charge is 2.14. The number of amides is 1. The van der Waals surface area contributed by atoms with Gasteiger partial charge in [0.1, 0.15) is 5.75 Å². The van der Waals surface area contributed by atoms with Crippen LogP contribution < -0.4 is 24.2 Å². The number of sulfonamides is 1. The molecule has 0 unspecified atom stereocenters. The van der Waals surface area contributed by atoms with Gasteiger partial charge in [-0.2, -0.15) is 0 Å². The van der Waals surface area contributed by atoms with Crippen molar-refractivity contribution in [1.29, 1.82) is 0 Å². The van der Waals surface area contributed by atoms with Crippen LogP contribution in [0.2, 0.25) is 0 Å². The molecule has 2 rings (SSSR count). The molecular weight excluding hydrogens is 396 g/mol. The topological polar surface area (TPSA) is 103 Å². The van der Waals surface area contributed by atoms with E-state index in [1.165, 1.54) is 27.4 Å². The van der Waals surface area contributed by atoms with Crippen molar-refractivity contribution in [1.82, 2.24) is 5.32 Å². The third-order valence-corrected chi connectivity index (χ3v) is 5.59. The van der Waals surface area contributed by atoms with E-state index in [-0.39, 0.29) is 18.2 Å². The van der Waals surface area contributed by atoms with E-state index in [4.69, 9.17) is 14.2 Å². The fourth-order valence-electron chi connectivity index (χ4n) is 2.73. The summed E-state index contributed by atoms with van der Waals surface area (Å²) in [6.07, 6.45) is 0.503. The molecule has 0 fully saturated rings. The molecule has 8 nitrogen and oxygen atoms in total. The Kier molecular flexibility index (Phi) is 7.72. The molecule has 0 aliphatic heterocycles. The predicted octanol–water partition coefficient (Wildman–Crippen LogP) is 2.79. The summed E-state index contributed by atoms with van der Waals surface area (Å²) in [5, 5.41) is 2.80. The van der Waals surface area contributed by atoms with Crippen molar-refractivity contribution in [2.24, 2.45) is 0 Å². The van der Waals surface area contributed by atoms with Crippen molar-refractivity contribution in [3.8, 4) is 17.2 Å². The van der Waals surface area contributed by atoms with E-state index in [1.54, 1.807) is 37.3 Å². The lowest BCUT2D eigenvalue weighted by Crippen LogP contribution is -2.23. The van der Waals surface area contributed by atoms with Crippen molar-refractivity contribution < 1.29 is 27.4 Å². The third kappa shape index (κ3) is 6.02. The van der Waals surface area contributed by atoms with Gasteiger partial charge in [-0.15, -0.1) is 0 Å². The standard InChI is InChI=1S/C20H26N2O6S/c1-5-9-29(24,25)22-16-8-6-7-14(10-16)20(23)21-13-15-11-18(27-3)19(28-4)12-17(15)26-2/h6-8,10-12,22H,5,9,13H2,1-4H3,(H,21,23). The summed E-state index contributed by atoms with van der Waals surface area (Å²) < 4.78 is 42.2. The van der Waals surface area contributed by atoms with Gasteiger partial charge >= 0.3 is 0 Å². The molecular formula is C20H26N2O6S. The normalized spacial score (nSPS) is 10.9. The molecule has 0 spiro atoms. The molecule has 0 aromatic heterocycles. The average Bonchev–Trinajstić information content (AvgIpc) is 2.70. The van der Waals surface area contributed by atoms with E-state index >= 15 is 0 Å². The van der Waals surface area contributed by atoms with Gasteiger partial charge in [0.05, 0.1) is 27.1 Å². The van der Waals surface area contributed by atoms with Crippen LogP contribution in [0.4, 0.5) is 5.69 Å². The van der Waals surface area contributed by atoms with Gasteiger partial charge in [-0.25, -0.2) is 8.42 Å². The fourth-order valence-corrected chi connectivity index (χ4v) is 3.86. The monoisotopic (exact) mass is 422 g/mol. The summed E-state index contributed by atoms with van der Waals surface area (Å²) >= 11 is 0. The van der Waals surface area contributed by atoms with Gasteiger partial charge in [0.15, 0.2) is 11.5 Å². The Bertz CT molecular complexity index is 959. The van der Waals surface area contributed by atoms with Crippen LogP contribution in [0.3, 0.4) is 0 Å². The van der Waals surface area contributed by atoms with Gasteiger partial charge in [-0.1, -0.05) is 13.0 Å². The van der Waals surface area contributed by atoms with Gasteiger partial charge in [0, 0.05) is 29.4 Å². The molecule has 0 heterocycles. The molecule has 2 aromatic rings. The minimum absolute atomic E-state index is 0.0164. The molecule has 2 aromatic carbocycles. The number of hydrogen-bond donors (Lipinski definition) is 2. The Morgan fingerprint density at radius 3 is 2.24 bits per heavy atom. The quantitative estimate of drug-likeness (QED) is 0.610. The maximum absolute atomic E-state index is 12.6. The number of anilines is 1. The Morgan fingerprint density at radius 1 is 0.966 bits per heavy atom. The molecule has 0 bridgehead atoms. The Labute approximate surface area is 171 Å². The summed E-state index contributed by atoms with van der Waals surface area (Å²) in [6.45, 7) is 1.97. The molecule has 0 aliphatic carbocycles. The number of benzene rings is 2. The van der Waals surface area contributed by atoms with Crippen LogP contribution in [0.5, 0.6) is 17.2 Å². The summed E-state index contributed by atoms with van der Waals surface area (Å²) in [5.41, 5.74) is 1.38. The van der Waals surface area contributed by atoms with Gasteiger partial charge < -0.3 is 19.5 Å². The first kappa shape index (κ1) is 22.4. The number of hydrogen-bond acceptors (Lipinski definition) is 6. The second-order valence-electron chi connectivity index (χ2n) is 6.20. The number of methoxy groups -OCH3 is 3. The van der Waals surface area contributed by atoms with Crippen LogP contribution in [0, 0.1) is 0 Å². The first-order valence-corrected chi connectivity index (χ1v) is 10.7. The third-order valence-electron chi connectivity index (χ3n) is 4.10. The first-order valence-electron chi connectivity index (χ1n) is 9.01. The second kappa shape index (κ2) is 10.0. The minimum atomic E-state index is -3.43. The Hall–Kier alpha value is -2.94. The van der Waals surface area contributed by atoms with Crippen LogP contribution >= 0.6 is 0 Å². The molecule has 9 heteroatoms. The first-order chi connectivity index (χ1) is 13.8. The molecule has 0 saturated carbocycles. The number of nitrogens with one attached hydrogen (secondary N) is 2. The highest BCUT2D eigenvalue weighted by Crippen LogP contribution is 2.34. The molecule has 158 valence electrons. The molecule has 0 aliphatic rings. The molecule has 0 radical (unpaired) electrons. The van der Waals surface area contributed by atoms with Crippen LogP contribution in [-0.2, 0) is 16.6 Å². The van der Waals surface area contributed by atoms with Crippen LogP contribution in [0.1, 0.15) is 29.3 Å². The SMILES string of the molecule is CCCS(=O)(=O)Nc1cccc(C(=O)NCc2cc(OC)c(OC)cc2OC)c1. The number of rotatable bonds is 10. The summed E-state index contributed by atoms with van der Waals surface area (Å²) in [6, 6.07) is 9.74. The summed E-state index contributed by atoms with van der Waals surface area (Å²) in [5.74, 6) is 1.25. The van der Waals surface area contributed by atoms with Gasteiger partial charge in [0.2, 0.25) is 10.0 Å². The lowest BCUT2D eigenvalue weighted by molar-refractivity contribution is 0.0950. The lowest BCUT2D eigenvalue weighted by atomic mass is 10.1. The second-order valence-corrected chi connectivity index (χ2v) is 8.05. The molecule has 0 atom stereocenters. The lowest BCUT2D eigenvalue weighted by Gasteiger charge is -2.15. The van der Waals surface area contributed by atoms with Gasteiger partial charge in [-0.3, -0.25) is 9.52 Å². The molecule has 0 saturated heterocycles. The zero-order valence-electron chi connectivity index (χ0n) is 16.9. The van der Waals surface area contributed by atoms with E-state index in [1.807, 2.05) is 0 Å². The Balaban J connectivity index is 2.14. The van der Waals surface area contributed by atoms with E-state index in [0.29, 0.717) is 40.5 Å². The van der Waals surface area contributed by atoms with E-state index < -0.39 is 10.0 Å². The smallest absolute Gasteiger partial charge is 0.251 e. The van der Waals surface area contributed by atoms with Crippen molar-refractivity contribution in [3.05, 3.63) is 47.5 Å². The van der Waals surface area contributed by atoms with Crippen molar-refractivity contribution >= 4 is 21.6 Å². The summed E-state index contributed by atoms with van der Waals surface area (Å²) in [7, 11) is 1.15. The zero-order valence-corrected chi connectivity index (χ0v) is 17.8. The Morgan fingerprint density at radius 2 is 1.62 bits per heavy atom. The zero-order chi connectivity index (χ0) is 21.4. The van der Waals surface area contributed by atoms with Crippen LogP contribution in [0.15, 0.2) is 36.4 Å². The maximum Gasteiger partial charge on any atom is 0.251 e. The van der Waals surface area contributed by atoms with Gasteiger partial charge in [0.25, 0.3) is 5.91 Å².